The predicted molar refractivity (Wildman–Crippen MR) is 78.9 cm³/mol. The molecule has 0 heterocycles. The lowest BCUT2D eigenvalue weighted by atomic mass is 9.75. The van der Waals surface area contributed by atoms with Gasteiger partial charge in [0.1, 0.15) is 0 Å². The van der Waals surface area contributed by atoms with Crippen molar-refractivity contribution in [2.75, 3.05) is 39.7 Å². The molecule has 1 aliphatic carbocycles. The maximum Gasteiger partial charge on any atom is 0.239 e. The Morgan fingerprint density at radius 3 is 2.39 bits per heavy atom. The second kappa shape index (κ2) is 6.78. The van der Waals surface area contributed by atoms with Gasteiger partial charge in [-0.25, -0.2) is 0 Å². The normalized spacial score (nSPS) is 19.4. The summed E-state index contributed by atoms with van der Waals surface area (Å²) in [4.78, 5) is 16.2. The van der Waals surface area contributed by atoms with Crippen LogP contribution in [0.2, 0.25) is 0 Å². The maximum atomic E-state index is 12.2. The highest BCUT2D eigenvalue weighted by Crippen LogP contribution is 2.36. The number of likely N-dealkylation sites (N-methyl/N-ethyl adjacent to an activating group) is 2. The molecule has 106 valence electrons. The molecule has 0 aromatic carbocycles. The SMILES string of the molecule is CSCC[C@H](N)C(=O)N(C)CC1(N(C)C)CCC1. The van der Waals surface area contributed by atoms with Gasteiger partial charge in [-0.3, -0.25) is 4.79 Å². The van der Waals surface area contributed by atoms with Crippen molar-refractivity contribution in [3.8, 4) is 0 Å². The first kappa shape index (κ1) is 15.8. The number of rotatable bonds is 7. The van der Waals surface area contributed by atoms with Crippen LogP contribution in [0, 0.1) is 0 Å². The van der Waals surface area contributed by atoms with Gasteiger partial charge in [-0.15, -0.1) is 0 Å². The maximum absolute atomic E-state index is 12.2. The van der Waals surface area contributed by atoms with Crippen molar-refractivity contribution in [2.24, 2.45) is 5.73 Å². The fourth-order valence-corrected chi connectivity index (χ4v) is 2.99. The van der Waals surface area contributed by atoms with Crippen molar-refractivity contribution in [3.05, 3.63) is 0 Å². The highest BCUT2D eigenvalue weighted by molar-refractivity contribution is 7.98. The van der Waals surface area contributed by atoms with E-state index in [1.54, 1.807) is 11.8 Å². The Bertz CT molecular complexity index is 279. The van der Waals surface area contributed by atoms with Gasteiger partial charge in [0.15, 0.2) is 0 Å². The number of hydrogen-bond acceptors (Lipinski definition) is 4. The molecule has 0 aromatic heterocycles. The van der Waals surface area contributed by atoms with Crippen LogP contribution in [0.4, 0.5) is 0 Å². The van der Waals surface area contributed by atoms with Crippen LogP contribution in [-0.4, -0.2) is 67.0 Å². The lowest BCUT2D eigenvalue weighted by Gasteiger charge is -2.49. The third kappa shape index (κ3) is 3.62. The van der Waals surface area contributed by atoms with Gasteiger partial charge in [0.2, 0.25) is 5.91 Å². The zero-order valence-electron chi connectivity index (χ0n) is 12.1. The molecule has 2 N–H and O–H groups in total. The first-order valence-corrected chi connectivity index (χ1v) is 7.99. The molecule has 1 aliphatic rings. The molecule has 0 spiro atoms. The number of nitrogens with zero attached hydrogens (tertiary/aromatic N) is 2. The number of hydrogen-bond donors (Lipinski definition) is 1. The van der Waals surface area contributed by atoms with Gasteiger partial charge < -0.3 is 15.5 Å². The number of amides is 1. The van der Waals surface area contributed by atoms with E-state index in [1.165, 1.54) is 19.3 Å². The van der Waals surface area contributed by atoms with E-state index in [0.717, 1.165) is 18.7 Å². The van der Waals surface area contributed by atoms with Gasteiger partial charge in [-0.05, 0) is 51.8 Å². The van der Waals surface area contributed by atoms with Crippen LogP contribution in [0.15, 0.2) is 0 Å². The van der Waals surface area contributed by atoms with Crippen LogP contribution in [0.25, 0.3) is 0 Å². The van der Waals surface area contributed by atoms with Gasteiger partial charge in [0, 0.05) is 19.1 Å². The second-order valence-electron chi connectivity index (χ2n) is 5.55. The molecule has 5 heteroatoms. The van der Waals surface area contributed by atoms with Gasteiger partial charge in [0.25, 0.3) is 0 Å². The fraction of sp³-hybridized carbons (Fsp3) is 0.923. The Morgan fingerprint density at radius 1 is 1.39 bits per heavy atom. The summed E-state index contributed by atoms with van der Waals surface area (Å²) in [5, 5.41) is 0. The van der Waals surface area contributed by atoms with E-state index < -0.39 is 0 Å². The zero-order chi connectivity index (χ0) is 13.8. The predicted octanol–water partition coefficient (Wildman–Crippen LogP) is 1.01. The minimum atomic E-state index is -0.346. The zero-order valence-corrected chi connectivity index (χ0v) is 12.9. The van der Waals surface area contributed by atoms with Crippen molar-refractivity contribution >= 4 is 17.7 Å². The van der Waals surface area contributed by atoms with Gasteiger partial charge in [-0.2, -0.15) is 11.8 Å². The van der Waals surface area contributed by atoms with Gasteiger partial charge >= 0.3 is 0 Å². The van der Waals surface area contributed by atoms with Gasteiger partial charge in [0.05, 0.1) is 6.04 Å². The van der Waals surface area contributed by atoms with E-state index in [2.05, 4.69) is 19.0 Å². The van der Waals surface area contributed by atoms with E-state index >= 15 is 0 Å². The molecule has 0 aliphatic heterocycles. The van der Waals surface area contributed by atoms with Crippen molar-refractivity contribution in [2.45, 2.75) is 37.3 Å². The van der Waals surface area contributed by atoms with E-state index in [4.69, 9.17) is 5.73 Å². The van der Waals surface area contributed by atoms with Crippen LogP contribution in [-0.2, 0) is 4.79 Å². The fourth-order valence-electron chi connectivity index (χ4n) is 2.50. The Kier molecular flexibility index (Phi) is 5.95. The standard InChI is InChI=1S/C13H27N3OS/c1-15(2)13(7-5-8-13)10-16(3)12(17)11(14)6-9-18-4/h11H,5-10,14H2,1-4H3/t11-/m0/s1. The van der Waals surface area contributed by atoms with Crippen molar-refractivity contribution in [3.63, 3.8) is 0 Å². The summed E-state index contributed by atoms with van der Waals surface area (Å²) in [7, 11) is 6.08. The Morgan fingerprint density at radius 2 is 2.00 bits per heavy atom. The topological polar surface area (TPSA) is 49.6 Å². The molecule has 18 heavy (non-hydrogen) atoms. The first-order valence-electron chi connectivity index (χ1n) is 6.60. The van der Waals surface area contributed by atoms with Crippen LogP contribution in [0.5, 0.6) is 0 Å². The molecule has 1 fully saturated rings. The van der Waals surface area contributed by atoms with E-state index in [0.29, 0.717) is 0 Å². The van der Waals surface area contributed by atoms with Crippen molar-refractivity contribution in [1.82, 2.24) is 9.80 Å². The number of nitrogens with two attached hydrogens (primary N) is 1. The van der Waals surface area contributed by atoms with Crippen molar-refractivity contribution in [1.29, 1.82) is 0 Å². The molecule has 1 saturated carbocycles. The molecule has 0 unspecified atom stereocenters. The summed E-state index contributed by atoms with van der Waals surface area (Å²) in [6.45, 7) is 0.797. The molecule has 1 rings (SSSR count). The minimum absolute atomic E-state index is 0.0807. The van der Waals surface area contributed by atoms with E-state index in [-0.39, 0.29) is 17.5 Å². The summed E-state index contributed by atoms with van der Waals surface area (Å²) < 4.78 is 0. The molecule has 0 bridgehead atoms. The molecule has 1 atom stereocenters. The first-order chi connectivity index (χ1) is 8.43. The molecular formula is C13H27N3OS. The van der Waals surface area contributed by atoms with Crippen molar-refractivity contribution < 1.29 is 4.79 Å². The second-order valence-corrected chi connectivity index (χ2v) is 6.54. The highest BCUT2D eigenvalue weighted by atomic mass is 32.2. The molecular weight excluding hydrogens is 246 g/mol. The molecule has 0 radical (unpaired) electrons. The highest BCUT2D eigenvalue weighted by Gasteiger charge is 2.41. The van der Waals surface area contributed by atoms with Crippen LogP contribution >= 0.6 is 11.8 Å². The molecule has 4 nitrogen and oxygen atoms in total. The summed E-state index contributed by atoms with van der Waals surface area (Å²) >= 11 is 1.73. The molecule has 1 amide bonds. The average Bonchev–Trinajstić information content (AvgIpc) is 2.28. The average molecular weight is 273 g/mol. The number of carbonyl (C=O) groups excluding carboxylic acids is 1. The lowest BCUT2D eigenvalue weighted by molar-refractivity contribution is -0.134. The van der Waals surface area contributed by atoms with E-state index in [1.807, 2.05) is 18.2 Å². The molecule has 0 saturated heterocycles. The van der Waals surface area contributed by atoms with Crippen LogP contribution in [0.1, 0.15) is 25.7 Å². The summed E-state index contributed by atoms with van der Waals surface area (Å²) in [5.41, 5.74) is 6.12. The Balaban J connectivity index is 2.48. The largest absolute Gasteiger partial charge is 0.343 e. The van der Waals surface area contributed by atoms with Gasteiger partial charge in [-0.1, -0.05) is 0 Å². The number of thioether (sulfide) groups is 1. The number of carbonyl (C=O) groups is 1. The smallest absolute Gasteiger partial charge is 0.239 e. The van der Waals surface area contributed by atoms with Crippen LogP contribution in [0.3, 0.4) is 0 Å². The van der Waals surface area contributed by atoms with Crippen LogP contribution < -0.4 is 5.73 Å². The Hall–Kier alpha value is -0.260. The summed E-state index contributed by atoms with van der Waals surface area (Å²) in [6.07, 6.45) is 6.42. The third-order valence-corrected chi connectivity index (χ3v) is 4.73. The summed E-state index contributed by atoms with van der Waals surface area (Å²) in [5.74, 6) is 1.02. The monoisotopic (exact) mass is 273 g/mol. The third-order valence-electron chi connectivity index (χ3n) is 4.09. The summed E-state index contributed by atoms with van der Waals surface area (Å²) in [6, 6.07) is -0.346. The lowest BCUT2D eigenvalue weighted by Crippen LogP contribution is -2.58. The minimum Gasteiger partial charge on any atom is -0.343 e. The molecule has 0 aromatic rings. The van der Waals surface area contributed by atoms with E-state index in [9.17, 15) is 4.79 Å². The quantitative estimate of drug-likeness (QED) is 0.752. The Labute approximate surface area is 115 Å².